The molecule has 0 aliphatic carbocycles. The van der Waals surface area contributed by atoms with Gasteiger partial charge in [0.2, 0.25) is 0 Å². The Morgan fingerprint density at radius 2 is 2.00 bits per heavy atom. The van der Waals surface area contributed by atoms with E-state index in [1.54, 1.807) is 13.2 Å². The summed E-state index contributed by atoms with van der Waals surface area (Å²) in [7, 11) is 1.78. The van der Waals surface area contributed by atoms with E-state index < -0.39 is 0 Å². The van der Waals surface area contributed by atoms with E-state index in [1.165, 1.54) is 10.8 Å². The Hall–Kier alpha value is -1.83. The first-order valence-electron chi connectivity index (χ1n) is 4.51. The standard InChI is InChI=1S/C12H12N2/c1-3-14-9-11-7-5-4-6-10(11)8-12(14)13-2/h3-9H,1H2,2H3/b13-12-. The molecule has 0 bridgehead atoms. The van der Waals surface area contributed by atoms with E-state index in [4.69, 9.17) is 0 Å². The number of benzene rings is 1. The van der Waals surface area contributed by atoms with Gasteiger partial charge in [0.1, 0.15) is 5.49 Å². The van der Waals surface area contributed by atoms with Crippen LogP contribution in [0.25, 0.3) is 17.0 Å². The lowest BCUT2D eigenvalue weighted by atomic mass is 10.2. The predicted molar refractivity (Wildman–Crippen MR) is 59.8 cm³/mol. The Kier molecular flexibility index (Phi) is 2.19. The monoisotopic (exact) mass is 184 g/mol. The van der Waals surface area contributed by atoms with Crippen LogP contribution >= 0.6 is 0 Å². The van der Waals surface area contributed by atoms with Crippen molar-refractivity contribution in [3.05, 3.63) is 48.6 Å². The van der Waals surface area contributed by atoms with Gasteiger partial charge in [-0.05, 0) is 16.8 Å². The Balaban J connectivity index is 2.89. The molecule has 70 valence electrons. The molecule has 0 saturated heterocycles. The van der Waals surface area contributed by atoms with Crippen LogP contribution in [0.2, 0.25) is 0 Å². The van der Waals surface area contributed by atoms with Gasteiger partial charge < -0.3 is 4.57 Å². The molecule has 0 N–H and O–H groups in total. The summed E-state index contributed by atoms with van der Waals surface area (Å²) in [5, 5.41) is 2.39. The smallest absolute Gasteiger partial charge is 0.131 e. The molecule has 1 aromatic heterocycles. The number of pyridine rings is 1. The average Bonchev–Trinajstić information content (AvgIpc) is 2.27. The van der Waals surface area contributed by atoms with Gasteiger partial charge in [0.05, 0.1) is 0 Å². The first-order valence-corrected chi connectivity index (χ1v) is 4.51. The molecule has 0 aliphatic rings. The number of nitrogens with zero attached hydrogens (tertiary/aromatic N) is 2. The van der Waals surface area contributed by atoms with E-state index in [0.717, 1.165) is 5.49 Å². The SMILES string of the molecule is C=Cn1cc2ccccc2c/c1=N/C. The molecule has 2 aromatic rings. The fraction of sp³-hybridized carbons (Fsp3) is 0.0833. The van der Waals surface area contributed by atoms with Crippen molar-refractivity contribution in [1.82, 2.24) is 4.57 Å². The molecule has 0 aliphatic heterocycles. The number of rotatable bonds is 1. The van der Waals surface area contributed by atoms with Gasteiger partial charge in [-0.3, -0.25) is 4.99 Å². The highest BCUT2D eigenvalue weighted by atomic mass is 15.0. The van der Waals surface area contributed by atoms with Crippen molar-refractivity contribution >= 4 is 17.0 Å². The third-order valence-corrected chi connectivity index (χ3v) is 2.25. The predicted octanol–water partition coefficient (Wildman–Crippen LogP) is 2.27. The summed E-state index contributed by atoms with van der Waals surface area (Å²) in [6, 6.07) is 10.3. The van der Waals surface area contributed by atoms with Crippen LogP contribution in [0, 0.1) is 0 Å². The molecular formula is C12H12N2. The zero-order valence-electron chi connectivity index (χ0n) is 8.14. The zero-order valence-corrected chi connectivity index (χ0v) is 8.14. The molecule has 0 spiro atoms. The van der Waals surface area contributed by atoms with Crippen molar-refractivity contribution in [1.29, 1.82) is 0 Å². The minimum atomic E-state index is 0.915. The molecule has 0 atom stereocenters. The Morgan fingerprint density at radius 3 is 2.64 bits per heavy atom. The van der Waals surface area contributed by atoms with E-state index in [2.05, 4.69) is 29.8 Å². The maximum atomic E-state index is 4.18. The van der Waals surface area contributed by atoms with Gasteiger partial charge >= 0.3 is 0 Å². The van der Waals surface area contributed by atoms with E-state index in [0.29, 0.717) is 0 Å². The number of hydrogen-bond donors (Lipinski definition) is 0. The molecule has 1 heterocycles. The Bertz CT molecular complexity index is 535. The van der Waals surface area contributed by atoms with Crippen LogP contribution in [0.3, 0.4) is 0 Å². The van der Waals surface area contributed by atoms with Crippen LogP contribution < -0.4 is 5.49 Å². The summed E-state index contributed by atoms with van der Waals surface area (Å²) >= 11 is 0. The van der Waals surface area contributed by atoms with Crippen LogP contribution in [0.15, 0.2) is 48.1 Å². The minimum absolute atomic E-state index is 0.915. The quantitative estimate of drug-likeness (QED) is 0.647. The van der Waals surface area contributed by atoms with Crippen LogP contribution in [0.5, 0.6) is 0 Å². The summed E-state index contributed by atoms with van der Waals surface area (Å²) in [6.45, 7) is 3.75. The Labute approximate surface area is 82.8 Å². The number of fused-ring (bicyclic) bond motifs is 1. The van der Waals surface area contributed by atoms with E-state index in [9.17, 15) is 0 Å². The molecule has 0 radical (unpaired) electrons. The second-order valence-electron chi connectivity index (χ2n) is 3.07. The second-order valence-corrected chi connectivity index (χ2v) is 3.07. The highest BCUT2D eigenvalue weighted by molar-refractivity contribution is 5.81. The van der Waals surface area contributed by atoms with Gasteiger partial charge in [-0.15, -0.1) is 0 Å². The molecule has 0 fully saturated rings. The fourth-order valence-corrected chi connectivity index (χ4v) is 1.52. The van der Waals surface area contributed by atoms with E-state index >= 15 is 0 Å². The molecule has 0 unspecified atom stereocenters. The lowest BCUT2D eigenvalue weighted by molar-refractivity contribution is 1.01. The van der Waals surface area contributed by atoms with Crippen LogP contribution in [-0.2, 0) is 0 Å². The lowest BCUT2D eigenvalue weighted by Crippen LogP contribution is -2.14. The number of aromatic nitrogens is 1. The van der Waals surface area contributed by atoms with Crippen molar-refractivity contribution < 1.29 is 0 Å². The third kappa shape index (κ3) is 1.35. The van der Waals surface area contributed by atoms with Gasteiger partial charge in [-0.25, -0.2) is 0 Å². The van der Waals surface area contributed by atoms with E-state index in [1.807, 2.05) is 22.9 Å². The molecule has 0 saturated carbocycles. The van der Waals surface area contributed by atoms with Crippen LogP contribution in [0.1, 0.15) is 0 Å². The van der Waals surface area contributed by atoms with Crippen LogP contribution in [0.4, 0.5) is 0 Å². The van der Waals surface area contributed by atoms with Gasteiger partial charge in [0.25, 0.3) is 0 Å². The average molecular weight is 184 g/mol. The van der Waals surface area contributed by atoms with E-state index in [-0.39, 0.29) is 0 Å². The normalized spacial score (nSPS) is 11.9. The first-order chi connectivity index (χ1) is 6.85. The van der Waals surface area contributed by atoms with Gasteiger partial charge in [0, 0.05) is 19.4 Å². The van der Waals surface area contributed by atoms with Gasteiger partial charge in [-0.2, -0.15) is 0 Å². The largest absolute Gasteiger partial charge is 0.309 e. The zero-order chi connectivity index (χ0) is 9.97. The minimum Gasteiger partial charge on any atom is -0.309 e. The molecule has 14 heavy (non-hydrogen) atoms. The molecular weight excluding hydrogens is 172 g/mol. The highest BCUT2D eigenvalue weighted by Gasteiger charge is 1.94. The van der Waals surface area contributed by atoms with Crippen molar-refractivity contribution in [2.45, 2.75) is 0 Å². The summed E-state index contributed by atoms with van der Waals surface area (Å²) in [6.07, 6.45) is 3.79. The third-order valence-electron chi connectivity index (χ3n) is 2.25. The van der Waals surface area contributed by atoms with Gasteiger partial charge in [-0.1, -0.05) is 30.8 Å². The second kappa shape index (κ2) is 3.50. The summed E-state index contributed by atoms with van der Waals surface area (Å²) in [5.41, 5.74) is 0.915. The van der Waals surface area contributed by atoms with Crippen molar-refractivity contribution in [2.24, 2.45) is 4.99 Å². The van der Waals surface area contributed by atoms with Crippen molar-refractivity contribution in [2.75, 3.05) is 7.05 Å². The number of hydrogen-bond acceptors (Lipinski definition) is 1. The lowest BCUT2D eigenvalue weighted by Gasteiger charge is -2.03. The maximum absolute atomic E-state index is 4.18. The fourth-order valence-electron chi connectivity index (χ4n) is 1.52. The van der Waals surface area contributed by atoms with Crippen molar-refractivity contribution in [3.63, 3.8) is 0 Å². The summed E-state index contributed by atoms with van der Waals surface area (Å²) < 4.78 is 1.92. The summed E-state index contributed by atoms with van der Waals surface area (Å²) in [4.78, 5) is 4.18. The highest BCUT2D eigenvalue weighted by Crippen LogP contribution is 2.09. The van der Waals surface area contributed by atoms with Gasteiger partial charge in [0.15, 0.2) is 0 Å². The summed E-state index contributed by atoms with van der Waals surface area (Å²) in [5.74, 6) is 0. The molecule has 2 rings (SSSR count). The Morgan fingerprint density at radius 1 is 1.29 bits per heavy atom. The maximum Gasteiger partial charge on any atom is 0.131 e. The van der Waals surface area contributed by atoms with Crippen molar-refractivity contribution in [3.8, 4) is 0 Å². The molecule has 1 aromatic carbocycles. The molecule has 0 amide bonds. The first kappa shape index (κ1) is 8.75. The molecule has 2 heteroatoms. The molecule has 2 nitrogen and oxygen atoms in total. The topological polar surface area (TPSA) is 17.3 Å². The van der Waals surface area contributed by atoms with Crippen LogP contribution in [-0.4, -0.2) is 11.6 Å².